The Morgan fingerprint density at radius 3 is 2.81 bits per heavy atom. The Morgan fingerprint density at radius 1 is 1.31 bits per heavy atom. The smallest absolute Gasteiger partial charge is 0.101 e. The van der Waals surface area contributed by atoms with Crippen molar-refractivity contribution in [3.63, 3.8) is 0 Å². The van der Waals surface area contributed by atoms with Crippen LogP contribution >= 0.6 is 11.6 Å². The molecule has 0 aliphatic heterocycles. The summed E-state index contributed by atoms with van der Waals surface area (Å²) in [4.78, 5) is 4.17. The fraction of sp³-hybridized carbons (Fsp3) is 0. The van der Waals surface area contributed by atoms with Gasteiger partial charge in [0.1, 0.15) is 6.07 Å². The highest BCUT2D eigenvalue weighted by atomic mass is 35.5. The number of aromatic nitrogens is 1. The molecule has 16 heavy (non-hydrogen) atoms. The number of hydrogen-bond acceptors (Lipinski definition) is 3. The van der Waals surface area contributed by atoms with Crippen molar-refractivity contribution in [2.75, 3.05) is 5.73 Å². The van der Waals surface area contributed by atoms with E-state index in [1.54, 1.807) is 36.5 Å². The molecule has 0 saturated carbocycles. The molecular formula is C12H8ClN3. The molecule has 0 atom stereocenters. The summed E-state index contributed by atoms with van der Waals surface area (Å²) in [5.74, 6) is 0. The number of nitrogen functional groups attached to an aromatic ring is 1. The molecule has 0 aliphatic rings. The second-order valence-electron chi connectivity index (χ2n) is 3.25. The molecule has 2 rings (SSSR count). The van der Waals surface area contributed by atoms with Gasteiger partial charge in [-0.2, -0.15) is 5.26 Å². The van der Waals surface area contributed by atoms with E-state index < -0.39 is 0 Å². The van der Waals surface area contributed by atoms with E-state index in [-0.39, 0.29) is 0 Å². The van der Waals surface area contributed by atoms with Gasteiger partial charge in [-0.3, -0.25) is 4.98 Å². The van der Waals surface area contributed by atoms with Crippen LogP contribution in [0.5, 0.6) is 0 Å². The molecule has 0 radical (unpaired) electrons. The lowest BCUT2D eigenvalue weighted by Crippen LogP contribution is -1.91. The number of nitrogens with two attached hydrogens (primary N) is 1. The highest BCUT2D eigenvalue weighted by molar-refractivity contribution is 6.33. The van der Waals surface area contributed by atoms with E-state index in [0.717, 1.165) is 5.56 Å². The van der Waals surface area contributed by atoms with Crippen molar-refractivity contribution in [1.82, 2.24) is 4.98 Å². The zero-order valence-corrected chi connectivity index (χ0v) is 9.07. The van der Waals surface area contributed by atoms with Crippen LogP contribution < -0.4 is 5.73 Å². The van der Waals surface area contributed by atoms with Gasteiger partial charge in [0.05, 0.1) is 16.3 Å². The van der Waals surface area contributed by atoms with Gasteiger partial charge < -0.3 is 5.73 Å². The van der Waals surface area contributed by atoms with E-state index >= 15 is 0 Å². The summed E-state index contributed by atoms with van der Waals surface area (Å²) in [6.07, 6.45) is 1.66. The minimum absolute atomic E-state index is 0.430. The number of pyridine rings is 1. The van der Waals surface area contributed by atoms with Crippen LogP contribution in [0.25, 0.3) is 11.3 Å². The zero-order chi connectivity index (χ0) is 11.5. The first-order chi connectivity index (χ1) is 7.72. The van der Waals surface area contributed by atoms with E-state index in [9.17, 15) is 0 Å². The van der Waals surface area contributed by atoms with Crippen molar-refractivity contribution in [3.05, 3.63) is 47.1 Å². The Labute approximate surface area is 98.1 Å². The van der Waals surface area contributed by atoms with Crippen molar-refractivity contribution in [2.24, 2.45) is 0 Å². The van der Waals surface area contributed by atoms with Crippen LogP contribution in [0.4, 0.5) is 5.69 Å². The molecule has 2 N–H and O–H groups in total. The fourth-order valence-electron chi connectivity index (χ4n) is 1.40. The van der Waals surface area contributed by atoms with Gasteiger partial charge in [0, 0.05) is 17.4 Å². The lowest BCUT2D eigenvalue weighted by atomic mass is 10.1. The van der Waals surface area contributed by atoms with E-state index in [1.165, 1.54) is 0 Å². The van der Waals surface area contributed by atoms with Crippen molar-refractivity contribution < 1.29 is 0 Å². The minimum atomic E-state index is 0.430. The van der Waals surface area contributed by atoms with Gasteiger partial charge >= 0.3 is 0 Å². The zero-order valence-electron chi connectivity index (χ0n) is 8.31. The molecule has 1 aromatic heterocycles. The maximum Gasteiger partial charge on any atom is 0.101 e. The Morgan fingerprint density at radius 2 is 2.12 bits per heavy atom. The van der Waals surface area contributed by atoms with Crippen molar-refractivity contribution >= 4 is 17.3 Å². The van der Waals surface area contributed by atoms with Crippen LogP contribution in [-0.2, 0) is 0 Å². The molecule has 78 valence electrons. The van der Waals surface area contributed by atoms with E-state index in [4.69, 9.17) is 22.6 Å². The van der Waals surface area contributed by atoms with Crippen LogP contribution in [-0.4, -0.2) is 4.98 Å². The molecule has 0 fully saturated rings. The van der Waals surface area contributed by atoms with E-state index in [0.29, 0.717) is 22.0 Å². The number of benzene rings is 1. The third kappa shape index (κ3) is 1.83. The van der Waals surface area contributed by atoms with Gasteiger partial charge in [-0.05, 0) is 24.3 Å². The Kier molecular flexibility index (Phi) is 2.76. The summed E-state index contributed by atoms with van der Waals surface area (Å²) < 4.78 is 0. The highest BCUT2D eigenvalue weighted by Crippen LogP contribution is 2.27. The van der Waals surface area contributed by atoms with Gasteiger partial charge in [-0.1, -0.05) is 17.7 Å². The van der Waals surface area contributed by atoms with Gasteiger partial charge in [-0.15, -0.1) is 0 Å². The average molecular weight is 230 g/mol. The Bertz CT molecular complexity index is 573. The third-order valence-corrected chi connectivity index (χ3v) is 2.51. The molecule has 0 amide bonds. The topological polar surface area (TPSA) is 62.7 Å². The molecule has 3 nitrogen and oxygen atoms in total. The summed E-state index contributed by atoms with van der Waals surface area (Å²) in [5, 5.41) is 9.43. The molecule has 1 aromatic carbocycles. The molecule has 1 heterocycles. The molecule has 0 bridgehead atoms. The first kappa shape index (κ1) is 10.5. The quantitative estimate of drug-likeness (QED) is 0.765. The van der Waals surface area contributed by atoms with Gasteiger partial charge in [0.2, 0.25) is 0 Å². The molecule has 0 aliphatic carbocycles. The number of hydrogen-bond donors (Lipinski definition) is 1. The van der Waals surface area contributed by atoms with Crippen LogP contribution in [0.3, 0.4) is 0 Å². The molecular weight excluding hydrogens is 222 g/mol. The van der Waals surface area contributed by atoms with Crippen molar-refractivity contribution in [2.45, 2.75) is 0 Å². The minimum Gasteiger partial charge on any atom is -0.398 e. The first-order valence-corrected chi connectivity index (χ1v) is 5.00. The standard InChI is InChI=1S/C12H8ClN3/c13-10-2-1-5-16-12(10)8-3-4-11(15)9(6-8)7-14/h1-6H,15H2. The second-order valence-corrected chi connectivity index (χ2v) is 3.65. The largest absolute Gasteiger partial charge is 0.398 e. The highest BCUT2D eigenvalue weighted by Gasteiger charge is 2.06. The normalized spacial score (nSPS) is 9.75. The fourth-order valence-corrected chi connectivity index (χ4v) is 1.63. The number of anilines is 1. The van der Waals surface area contributed by atoms with Crippen LogP contribution in [0, 0.1) is 11.3 Å². The monoisotopic (exact) mass is 229 g/mol. The maximum atomic E-state index is 8.88. The predicted octanol–water partition coefficient (Wildman–Crippen LogP) is 2.86. The van der Waals surface area contributed by atoms with Gasteiger partial charge in [-0.25, -0.2) is 0 Å². The van der Waals surface area contributed by atoms with Crippen LogP contribution in [0.15, 0.2) is 36.5 Å². The molecule has 0 saturated heterocycles. The molecule has 0 spiro atoms. The summed E-state index contributed by atoms with van der Waals surface area (Å²) in [6, 6.07) is 10.7. The molecule has 4 heteroatoms. The van der Waals surface area contributed by atoms with E-state index in [1.807, 2.05) is 6.07 Å². The summed E-state index contributed by atoms with van der Waals surface area (Å²) in [7, 11) is 0. The van der Waals surface area contributed by atoms with Crippen molar-refractivity contribution in [3.8, 4) is 17.3 Å². The second kappa shape index (κ2) is 4.21. The Balaban J connectivity index is 2.59. The third-order valence-electron chi connectivity index (χ3n) is 2.21. The van der Waals surface area contributed by atoms with Crippen LogP contribution in [0.2, 0.25) is 5.02 Å². The summed E-state index contributed by atoms with van der Waals surface area (Å²) in [6.45, 7) is 0. The maximum absolute atomic E-state index is 8.88. The average Bonchev–Trinajstić information content (AvgIpc) is 2.31. The van der Waals surface area contributed by atoms with E-state index in [2.05, 4.69) is 4.98 Å². The number of halogens is 1. The van der Waals surface area contributed by atoms with Gasteiger partial charge in [0.15, 0.2) is 0 Å². The predicted molar refractivity (Wildman–Crippen MR) is 63.8 cm³/mol. The molecule has 0 unspecified atom stereocenters. The molecule has 2 aromatic rings. The lowest BCUT2D eigenvalue weighted by molar-refractivity contribution is 1.32. The van der Waals surface area contributed by atoms with Gasteiger partial charge in [0.25, 0.3) is 0 Å². The first-order valence-electron chi connectivity index (χ1n) is 4.63. The Hall–Kier alpha value is -2.05. The lowest BCUT2D eigenvalue weighted by Gasteiger charge is -2.04. The number of nitrogens with zero attached hydrogens (tertiary/aromatic N) is 2. The summed E-state index contributed by atoms with van der Waals surface area (Å²) in [5.41, 5.74) is 7.97. The van der Waals surface area contributed by atoms with Crippen molar-refractivity contribution in [1.29, 1.82) is 5.26 Å². The SMILES string of the molecule is N#Cc1cc(-c2ncccc2Cl)ccc1N. The van der Waals surface area contributed by atoms with Crippen LogP contribution in [0.1, 0.15) is 5.56 Å². The summed E-state index contributed by atoms with van der Waals surface area (Å²) >= 11 is 6.02. The number of rotatable bonds is 1. The number of nitriles is 1.